The van der Waals surface area contributed by atoms with E-state index >= 15 is 0 Å². The molecule has 2 aromatic heterocycles. The fourth-order valence-electron chi connectivity index (χ4n) is 3.25. The first-order chi connectivity index (χ1) is 13.9. The van der Waals surface area contributed by atoms with E-state index in [1.807, 2.05) is 31.2 Å². The number of aryl methyl sites for hydroxylation is 1. The molecule has 10 heteroatoms. The molecule has 1 saturated heterocycles. The van der Waals surface area contributed by atoms with Crippen LogP contribution in [0.25, 0.3) is 11.2 Å². The molecule has 0 spiro atoms. The van der Waals surface area contributed by atoms with Crippen molar-refractivity contribution in [3.05, 3.63) is 48.0 Å². The highest BCUT2D eigenvalue weighted by Crippen LogP contribution is 2.32. The standard InChI is InChI=1S/C19H21N5O5/c1-10-2-4-11(5-3-10)6-13(25)28-7-12-15(26)16(27)19(29-12)24-9-23-14-17(20)21-8-22-18(14)24/h2-5,8-9,12,15-16,19,26-27H,6-7H2,1H3,(H2,20,21,22)/t12-,15-,16-,19-/m1/s1. The summed E-state index contributed by atoms with van der Waals surface area (Å²) >= 11 is 0. The second-order valence-corrected chi connectivity index (χ2v) is 6.97. The molecule has 0 unspecified atom stereocenters. The fourth-order valence-corrected chi connectivity index (χ4v) is 3.25. The minimum Gasteiger partial charge on any atom is -0.463 e. The number of imidazole rings is 1. The van der Waals surface area contributed by atoms with Crippen molar-refractivity contribution in [2.24, 2.45) is 0 Å². The average Bonchev–Trinajstić information content (AvgIpc) is 3.25. The molecule has 29 heavy (non-hydrogen) atoms. The van der Waals surface area contributed by atoms with E-state index in [9.17, 15) is 15.0 Å². The van der Waals surface area contributed by atoms with Crippen molar-refractivity contribution in [3.8, 4) is 0 Å². The highest BCUT2D eigenvalue weighted by atomic mass is 16.6. The Balaban J connectivity index is 1.41. The monoisotopic (exact) mass is 399 g/mol. The van der Waals surface area contributed by atoms with Crippen LogP contribution in [0.3, 0.4) is 0 Å². The van der Waals surface area contributed by atoms with Crippen LogP contribution in [0, 0.1) is 6.92 Å². The number of carbonyl (C=O) groups is 1. The topological polar surface area (TPSA) is 146 Å². The molecule has 3 heterocycles. The molecule has 1 fully saturated rings. The Kier molecular flexibility index (Phi) is 5.14. The Morgan fingerprint density at radius 2 is 1.97 bits per heavy atom. The number of nitrogens with zero attached hydrogens (tertiary/aromatic N) is 4. The van der Waals surface area contributed by atoms with Gasteiger partial charge in [-0.25, -0.2) is 15.0 Å². The van der Waals surface area contributed by atoms with Gasteiger partial charge in [-0.3, -0.25) is 9.36 Å². The van der Waals surface area contributed by atoms with Crippen LogP contribution in [-0.4, -0.2) is 60.6 Å². The Morgan fingerprint density at radius 3 is 2.72 bits per heavy atom. The number of nitrogens with two attached hydrogens (primary N) is 1. The van der Waals surface area contributed by atoms with Crippen molar-refractivity contribution < 1.29 is 24.5 Å². The number of anilines is 1. The first-order valence-electron chi connectivity index (χ1n) is 9.10. The summed E-state index contributed by atoms with van der Waals surface area (Å²) in [4.78, 5) is 24.2. The van der Waals surface area contributed by atoms with Crippen LogP contribution in [0.1, 0.15) is 17.4 Å². The summed E-state index contributed by atoms with van der Waals surface area (Å²) in [5.74, 6) is -0.250. The minimum atomic E-state index is -1.26. The maximum Gasteiger partial charge on any atom is 0.310 e. The van der Waals surface area contributed by atoms with Gasteiger partial charge in [-0.1, -0.05) is 29.8 Å². The van der Waals surface area contributed by atoms with Gasteiger partial charge in [0.15, 0.2) is 17.7 Å². The number of aromatic nitrogens is 4. The van der Waals surface area contributed by atoms with Crippen LogP contribution in [0.15, 0.2) is 36.9 Å². The molecule has 4 rings (SSSR count). The molecular weight excluding hydrogens is 378 g/mol. The van der Waals surface area contributed by atoms with Gasteiger partial charge in [0.2, 0.25) is 0 Å². The molecule has 3 aromatic rings. The van der Waals surface area contributed by atoms with Crippen molar-refractivity contribution in [2.45, 2.75) is 37.9 Å². The number of esters is 1. The molecule has 0 amide bonds. The third kappa shape index (κ3) is 3.77. The van der Waals surface area contributed by atoms with Crippen LogP contribution in [0.5, 0.6) is 0 Å². The van der Waals surface area contributed by atoms with Crippen LogP contribution >= 0.6 is 0 Å². The first-order valence-corrected chi connectivity index (χ1v) is 9.10. The molecule has 10 nitrogen and oxygen atoms in total. The second kappa shape index (κ2) is 7.74. The molecule has 1 aromatic carbocycles. The predicted molar refractivity (Wildman–Crippen MR) is 102 cm³/mol. The van der Waals surface area contributed by atoms with Crippen LogP contribution < -0.4 is 5.73 Å². The van der Waals surface area contributed by atoms with E-state index in [0.717, 1.165) is 11.1 Å². The Bertz CT molecular complexity index is 1020. The number of benzene rings is 1. The predicted octanol–water partition coefficient (Wildman–Crippen LogP) is 0.122. The summed E-state index contributed by atoms with van der Waals surface area (Å²) in [6, 6.07) is 7.54. The summed E-state index contributed by atoms with van der Waals surface area (Å²) in [7, 11) is 0. The van der Waals surface area contributed by atoms with Crippen LogP contribution in [0.2, 0.25) is 0 Å². The summed E-state index contributed by atoms with van der Waals surface area (Å²) < 4.78 is 12.5. The minimum absolute atomic E-state index is 0.109. The molecule has 4 atom stereocenters. The highest BCUT2D eigenvalue weighted by molar-refractivity contribution is 5.81. The highest BCUT2D eigenvalue weighted by Gasteiger charge is 2.44. The number of fused-ring (bicyclic) bond motifs is 1. The lowest BCUT2D eigenvalue weighted by atomic mass is 10.1. The first kappa shape index (κ1) is 19.2. The van der Waals surface area contributed by atoms with Crippen molar-refractivity contribution in [1.82, 2.24) is 19.5 Å². The lowest BCUT2D eigenvalue weighted by Crippen LogP contribution is -2.34. The molecule has 1 aliphatic heterocycles. The zero-order valence-corrected chi connectivity index (χ0v) is 15.7. The lowest BCUT2D eigenvalue weighted by Gasteiger charge is -2.16. The Morgan fingerprint density at radius 1 is 1.21 bits per heavy atom. The number of aliphatic hydroxyl groups excluding tert-OH is 2. The summed E-state index contributed by atoms with van der Waals surface area (Å²) in [5, 5.41) is 20.7. The van der Waals surface area contributed by atoms with Gasteiger partial charge in [-0.05, 0) is 12.5 Å². The third-order valence-electron chi connectivity index (χ3n) is 4.88. The largest absolute Gasteiger partial charge is 0.463 e. The van der Waals surface area contributed by atoms with E-state index in [4.69, 9.17) is 15.2 Å². The zero-order valence-electron chi connectivity index (χ0n) is 15.7. The van der Waals surface area contributed by atoms with Gasteiger partial charge in [-0.2, -0.15) is 0 Å². The number of hydrogen-bond donors (Lipinski definition) is 3. The van der Waals surface area contributed by atoms with Crippen molar-refractivity contribution >= 4 is 23.0 Å². The smallest absolute Gasteiger partial charge is 0.310 e. The number of rotatable bonds is 5. The van der Waals surface area contributed by atoms with Crippen LogP contribution in [0.4, 0.5) is 5.82 Å². The van der Waals surface area contributed by atoms with E-state index in [0.29, 0.717) is 11.2 Å². The van der Waals surface area contributed by atoms with Gasteiger partial charge in [-0.15, -0.1) is 0 Å². The molecule has 0 saturated carbocycles. The molecular formula is C19H21N5O5. The second-order valence-electron chi connectivity index (χ2n) is 6.97. The van der Waals surface area contributed by atoms with Crippen molar-refractivity contribution in [3.63, 3.8) is 0 Å². The van der Waals surface area contributed by atoms with Gasteiger partial charge < -0.3 is 25.4 Å². The van der Waals surface area contributed by atoms with E-state index < -0.39 is 30.5 Å². The Hall–Kier alpha value is -3.08. The van der Waals surface area contributed by atoms with Gasteiger partial charge >= 0.3 is 5.97 Å². The van der Waals surface area contributed by atoms with E-state index in [1.165, 1.54) is 17.2 Å². The number of ether oxygens (including phenoxy) is 2. The summed E-state index contributed by atoms with van der Waals surface area (Å²) in [5.41, 5.74) is 8.43. The van der Waals surface area contributed by atoms with Gasteiger partial charge in [0, 0.05) is 0 Å². The third-order valence-corrected chi connectivity index (χ3v) is 4.88. The van der Waals surface area contributed by atoms with Gasteiger partial charge in [0.05, 0.1) is 12.7 Å². The van der Waals surface area contributed by atoms with Gasteiger partial charge in [0.1, 0.15) is 36.8 Å². The van der Waals surface area contributed by atoms with Crippen molar-refractivity contribution in [1.29, 1.82) is 0 Å². The maximum atomic E-state index is 12.1. The SMILES string of the molecule is Cc1ccc(CC(=O)OC[C@H]2O[C@@H](n3cnc4c(N)ncnc43)[C@H](O)[C@@H]2O)cc1. The molecule has 1 aliphatic rings. The maximum absolute atomic E-state index is 12.1. The molecule has 0 radical (unpaired) electrons. The number of aliphatic hydroxyl groups is 2. The normalized spacial score (nSPS) is 24.1. The average molecular weight is 399 g/mol. The Labute approximate surface area is 165 Å². The summed E-state index contributed by atoms with van der Waals surface area (Å²) in [6.07, 6.45) is -1.57. The van der Waals surface area contributed by atoms with E-state index in [-0.39, 0.29) is 18.8 Å². The number of nitrogen functional groups attached to an aromatic ring is 1. The molecule has 0 aliphatic carbocycles. The summed E-state index contributed by atoms with van der Waals surface area (Å²) in [6.45, 7) is 1.77. The van der Waals surface area contributed by atoms with E-state index in [1.54, 1.807) is 0 Å². The van der Waals surface area contributed by atoms with Crippen LogP contribution in [-0.2, 0) is 20.7 Å². The lowest BCUT2D eigenvalue weighted by molar-refractivity contribution is -0.149. The number of carbonyl (C=O) groups excluding carboxylic acids is 1. The number of hydrogen-bond acceptors (Lipinski definition) is 9. The zero-order chi connectivity index (χ0) is 20.5. The quantitative estimate of drug-likeness (QED) is 0.509. The van der Waals surface area contributed by atoms with E-state index in [2.05, 4.69) is 15.0 Å². The fraction of sp³-hybridized carbons (Fsp3) is 0.368. The molecule has 152 valence electrons. The molecule has 0 bridgehead atoms. The van der Waals surface area contributed by atoms with Gasteiger partial charge in [0.25, 0.3) is 0 Å². The molecule has 4 N–H and O–H groups in total. The van der Waals surface area contributed by atoms with Crippen molar-refractivity contribution in [2.75, 3.05) is 12.3 Å².